The Balaban J connectivity index is 2.11. The summed E-state index contributed by atoms with van der Waals surface area (Å²) in [5, 5.41) is 0. The molecule has 0 spiro atoms. The molecule has 1 aliphatic heterocycles. The first-order chi connectivity index (χ1) is 8.11. The van der Waals surface area contributed by atoms with Crippen LogP contribution in [-0.2, 0) is 4.74 Å². The fraction of sp³-hybridized carbons (Fsp3) is 0.545. The van der Waals surface area contributed by atoms with Gasteiger partial charge in [0.15, 0.2) is 4.67 Å². The van der Waals surface area contributed by atoms with Gasteiger partial charge < -0.3 is 14.1 Å². The van der Waals surface area contributed by atoms with Gasteiger partial charge in [0.05, 0.1) is 29.9 Å². The average Bonchev–Trinajstić information content (AvgIpc) is 2.73. The Bertz CT molecular complexity index is 409. The lowest BCUT2D eigenvalue weighted by atomic mass is 10.2. The van der Waals surface area contributed by atoms with Crippen molar-refractivity contribution < 1.29 is 13.9 Å². The molecule has 0 saturated carbocycles. The van der Waals surface area contributed by atoms with E-state index in [1.165, 1.54) is 6.26 Å². The molecule has 1 fully saturated rings. The van der Waals surface area contributed by atoms with Crippen molar-refractivity contribution in [1.29, 1.82) is 0 Å². The van der Waals surface area contributed by atoms with E-state index in [-0.39, 0.29) is 18.1 Å². The first kappa shape index (κ1) is 12.9. The first-order valence-electron chi connectivity index (χ1n) is 5.35. The lowest BCUT2D eigenvalue weighted by Gasteiger charge is -2.35. The van der Waals surface area contributed by atoms with Gasteiger partial charge in [-0.3, -0.25) is 4.79 Å². The molecule has 17 heavy (non-hydrogen) atoms. The van der Waals surface area contributed by atoms with E-state index in [9.17, 15) is 4.79 Å². The molecule has 6 heteroatoms. The van der Waals surface area contributed by atoms with Crippen molar-refractivity contribution in [3.05, 3.63) is 22.6 Å². The predicted molar refractivity (Wildman–Crippen MR) is 67.4 cm³/mol. The molecule has 0 aromatic carbocycles. The minimum Gasteiger partial charge on any atom is -0.457 e. The van der Waals surface area contributed by atoms with Gasteiger partial charge in [0.1, 0.15) is 0 Å². The summed E-state index contributed by atoms with van der Waals surface area (Å²) in [5.74, 6) is 0.330. The number of nitrogens with zero attached hydrogens (tertiary/aromatic N) is 1. The summed E-state index contributed by atoms with van der Waals surface area (Å²) in [6, 6.07) is 1.66. The summed E-state index contributed by atoms with van der Waals surface area (Å²) in [5.41, 5.74) is 0.535. The normalized spacial score (nSPS) is 25.0. The van der Waals surface area contributed by atoms with Crippen LogP contribution in [0.1, 0.15) is 17.3 Å². The summed E-state index contributed by atoms with van der Waals surface area (Å²) in [7, 11) is 0. The average molecular weight is 323 g/mol. The number of alkyl halides is 1. The number of morpholine rings is 1. The number of furan rings is 1. The molecular weight excluding hydrogens is 309 g/mol. The summed E-state index contributed by atoms with van der Waals surface area (Å²) < 4.78 is 11.1. The minimum atomic E-state index is -0.102. The standard InChI is InChI=1S/C11H13BrClNO3/c1-7-5-14(6-8(4-13)17-7)11(15)9-2-3-16-10(9)12/h2-3,7-8H,4-6H2,1H3. The molecule has 94 valence electrons. The highest BCUT2D eigenvalue weighted by Crippen LogP contribution is 2.22. The van der Waals surface area contributed by atoms with Gasteiger partial charge >= 0.3 is 0 Å². The number of hydrogen-bond donors (Lipinski definition) is 0. The summed E-state index contributed by atoms with van der Waals surface area (Å²) in [4.78, 5) is 14.0. The Labute approximate surface area is 113 Å². The van der Waals surface area contributed by atoms with Crippen LogP contribution in [0.3, 0.4) is 0 Å². The maximum Gasteiger partial charge on any atom is 0.258 e. The molecule has 1 amide bonds. The number of carbonyl (C=O) groups excluding carboxylic acids is 1. The number of rotatable bonds is 2. The summed E-state index contributed by atoms with van der Waals surface area (Å²) >= 11 is 8.99. The molecule has 0 N–H and O–H groups in total. The lowest BCUT2D eigenvalue weighted by molar-refractivity contribution is -0.0570. The SMILES string of the molecule is CC1CN(C(=O)c2ccoc2Br)CC(CCl)O1. The summed E-state index contributed by atoms with van der Waals surface area (Å²) in [6.45, 7) is 3.03. The van der Waals surface area contributed by atoms with Gasteiger partial charge in [-0.1, -0.05) is 0 Å². The second-order valence-corrected chi connectivity index (χ2v) is 5.07. The predicted octanol–water partition coefficient (Wildman–Crippen LogP) is 2.51. The van der Waals surface area contributed by atoms with Gasteiger partial charge in [0.2, 0.25) is 0 Å². The second kappa shape index (κ2) is 5.42. The van der Waals surface area contributed by atoms with Gasteiger partial charge in [-0.15, -0.1) is 11.6 Å². The molecule has 1 aromatic rings. The topological polar surface area (TPSA) is 42.7 Å². The van der Waals surface area contributed by atoms with Crippen LogP contribution in [0.5, 0.6) is 0 Å². The molecular formula is C11H13BrClNO3. The van der Waals surface area contributed by atoms with Crippen molar-refractivity contribution >= 4 is 33.4 Å². The molecule has 2 heterocycles. The van der Waals surface area contributed by atoms with Crippen molar-refractivity contribution in [3.8, 4) is 0 Å². The molecule has 2 unspecified atom stereocenters. The van der Waals surface area contributed by atoms with Crippen LogP contribution < -0.4 is 0 Å². The molecule has 0 radical (unpaired) electrons. The lowest BCUT2D eigenvalue weighted by Crippen LogP contribution is -2.49. The van der Waals surface area contributed by atoms with Crippen molar-refractivity contribution in [2.45, 2.75) is 19.1 Å². The van der Waals surface area contributed by atoms with Gasteiger partial charge in [0.25, 0.3) is 5.91 Å². The fourth-order valence-corrected chi connectivity index (χ4v) is 2.49. The Kier molecular flexibility index (Phi) is 4.12. The minimum absolute atomic E-state index is 0.00197. The summed E-state index contributed by atoms with van der Waals surface area (Å²) in [6.07, 6.45) is 1.39. The molecule has 0 aliphatic carbocycles. The highest BCUT2D eigenvalue weighted by Gasteiger charge is 2.29. The number of amides is 1. The third kappa shape index (κ3) is 2.84. The van der Waals surface area contributed by atoms with E-state index in [2.05, 4.69) is 15.9 Å². The molecule has 1 aromatic heterocycles. The van der Waals surface area contributed by atoms with Crippen LogP contribution >= 0.6 is 27.5 Å². The highest BCUT2D eigenvalue weighted by molar-refractivity contribution is 9.10. The van der Waals surface area contributed by atoms with E-state index in [4.69, 9.17) is 20.8 Å². The van der Waals surface area contributed by atoms with Crippen LogP contribution in [0, 0.1) is 0 Å². The van der Waals surface area contributed by atoms with E-state index in [1.54, 1.807) is 11.0 Å². The van der Waals surface area contributed by atoms with Crippen molar-refractivity contribution in [3.63, 3.8) is 0 Å². The zero-order valence-corrected chi connectivity index (χ0v) is 11.7. The van der Waals surface area contributed by atoms with Crippen molar-refractivity contribution in [2.75, 3.05) is 19.0 Å². The van der Waals surface area contributed by atoms with Crippen LogP contribution in [0.25, 0.3) is 0 Å². The van der Waals surface area contributed by atoms with Crippen LogP contribution in [-0.4, -0.2) is 42.0 Å². The smallest absolute Gasteiger partial charge is 0.258 e. The molecule has 1 aliphatic rings. The largest absolute Gasteiger partial charge is 0.457 e. The maximum absolute atomic E-state index is 12.2. The molecule has 4 nitrogen and oxygen atoms in total. The first-order valence-corrected chi connectivity index (χ1v) is 6.68. The number of carbonyl (C=O) groups is 1. The van der Waals surface area contributed by atoms with Crippen LogP contribution in [0.4, 0.5) is 0 Å². The zero-order valence-electron chi connectivity index (χ0n) is 9.36. The Morgan fingerprint density at radius 2 is 2.41 bits per heavy atom. The monoisotopic (exact) mass is 321 g/mol. The van der Waals surface area contributed by atoms with Gasteiger partial charge in [-0.25, -0.2) is 0 Å². The van der Waals surface area contributed by atoms with E-state index in [0.29, 0.717) is 29.2 Å². The van der Waals surface area contributed by atoms with Gasteiger partial charge in [-0.2, -0.15) is 0 Å². The maximum atomic E-state index is 12.2. The van der Waals surface area contributed by atoms with E-state index in [1.807, 2.05) is 6.92 Å². The van der Waals surface area contributed by atoms with Crippen molar-refractivity contribution in [2.24, 2.45) is 0 Å². The molecule has 2 atom stereocenters. The molecule has 1 saturated heterocycles. The fourth-order valence-electron chi connectivity index (χ4n) is 1.91. The third-order valence-corrected chi connectivity index (χ3v) is 3.59. The van der Waals surface area contributed by atoms with E-state index < -0.39 is 0 Å². The number of ether oxygens (including phenoxy) is 1. The van der Waals surface area contributed by atoms with E-state index >= 15 is 0 Å². The molecule has 0 bridgehead atoms. The van der Waals surface area contributed by atoms with Crippen molar-refractivity contribution in [1.82, 2.24) is 4.90 Å². The van der Waals surface area contributed by atoms with E-state index in [0.717, 1.165) is 0 Å². The van der Waals surface area contributed by atoms with Crippen LogP contribution in [0.2, 0.25) is 0 Å². The molecule has 2 rings (SSSR count). The zero-order chi connectivity index (χ0) is 12.4. The second-order valence-electron chi connectivity index (χ2n) is 4.04. The Morgan fingerprint density at radius 3 is 3.00 bits per heavy atom. The number of halogens is 2. The number of hydrogen-bond acceptors (Lipinski definition) is 3. The highest BCUT2D eigenvalue weighted by atomic mass is 79.9. The van der Waals surface area contributed by atoms with Gasteiger partial charge in [-0.05, 0) is 28.9 Å². The van der Waals surface area contributed by atoms with Crippen LogP contribution in [0.15, 0.2) is 21.4 Å². The van der Waals surface area contributed by atoms with Gasteiger partial charge in [0, 0.05) is 13.1 Å². The quantitative estimate of drug-likeness (QED) is 0.786. The third-order valence-electron chi connectivity index (χ3n) is 2.63. The Morgan fingerprint density at radius 1 is 1.65 bits per heavy atom. The Hall–Kier alpha value is -0.520.